The molecule has 0 N–H and O–H groups in total. The van der Waals surface area contributed by atoms with Crippen LogP contribution < -0.4 is 0 Å². The summed E-state index contributed by atoms with van der Waals surface area (Å²) in [4.78, 5) is 37.8. The van der Waals surface area contributed by atoms with Crippen LogP contribution in [0.25, 0.3) is 0 Å². The molecule has 0 rings (SSSR count). The fourth-order valence-electron chi connectivity index (χ4n) is 7.28. The van der Waals surface area contributed by atoms with Gasteiger partial charge in [0.1, 0.15) is 13.2 Å². The van der Waals surface area contributed by atoms with Crippen LogP contribution in [0, 0.1) is 11.8 Å². The van der Waals surface area contributed by atoms with Gasteiger partial charge >= 0.3 is 17.9 Å². The molecule has 0 unspecified atom stereocenters. The van der Waals surface area contributed by atoms with Crippen LogP contribution in [0.5, 0.6) is 0 Å². The molecular formula is C49H94O6. The molecule has 0 radical (unpaired) electrons. The van der Waals surface area contributed by atoms with Crippen LogP contribution >= 0.6 is 0 Å². The van der Waals surface area contributed by atoms with Gasteiger partial charge in [-0.15, -0.1) is 0 Å². The molecule has 0 saturated heterocycles. The third-order valence-electron chi connectivity index (χ3n) is 11.0. The average Bonchev–Trinajstić information content (AvgIpc) is 3.15. The molecule has 0 aliphatic rings. The first-order valence-electron chi connectivity index (χ1n) is 24.2. The van der Waals surface area contributed by atoms with Gasteiger partial charge < -0.3 is 14.2 Å². The van der Waals surface area contributed by atoms with E-state index < -0.39 is 6.10 Å². The van der Waals surface area contributed by atoms with Crippen LogP contribution in [0.1, 0.15) is 266 Å². The Morgan fingerprint density at radius 2 is 0.600 bits per heavy atom. The van der Waals surface area contributed by atoms with Gasteiger partial charge in [0.15, 0.2) is 6.10 Å². The van der Waals surface area contributed by atoms with E-state index in [4.69, 9.17) is 14.2 Å². The third-order valence-corrected chi connectivity index (χ3v) is 11.0. The van der Waals surface area contributed by atoms with Crippen LogP contribution in [0.3, 0.4) is 0 Å². The SMILES string of the molecule is CCCCCCCCCCCCCC(=O)OC[C@@H](COC(=O)CCCCCCCCCCC(C)C)OC(=O)CCCCCCCCCCCCCCC(C)C. The van der Waals surface area contributed by atoms with Crippen molar-refractivity contribution in [3.8, 4) is 0 Å². The minimum Gasteiger partial charge on any atom is -0.462 e. The molecule has 1 atom stereocenters. The van der Waals surface area contributed by atoms with Crippen LogP contribution in [0.2, 0.25) is 0 Å². The number of unbranched alkanes of at least 4 members (excludes halogenated alkanes) is 28. The first-order chi connectivity index (χ1) is 26.7. The lowest BCUT2D eigenvalue weighted by Crippen LogP contribution is -2.30. The summed E-state index contributed by atoms with van der Waals surface area (Å²) in [6.45, 7) is 11.3. The van der Waals surface area contributed by atoms with E-state index in [2.05, 4.69) is 34.6 Å². The van der Waals surface area contributed by atoms with E-state index in [1.807, 2.05) is 0 Å². The molecule has 6 heteroatoms. The Labute approximate surface area is 342 Å². The molecule has 0 heterocycles. The van der Waals surface area contributed by atoms with Crippen molar-refractivity contribution in [2.75, 3.05) is 13.2 Å². The fourth-order valence-corrected chi connectivity index (χ4v) is 7.28. The fraction of sp³-hybridized carbons (Fsp3) is 0.939. The van der Waals surface area contributed by atoms with Crippen LogP contribution in [-0.2, 0) is 28.6 Å². The highest BCUT2D eigenvalue weighted by Crippen LogP contribution is 2.17. The number of ether oxygens (including phenoxy) is 3. The Hall–Kier alpha value is -1.59. The second-order valence-electron chi connectivity index (χ2n) is 17.7. The normalized spacial score (nSPS) is 12.1. The summed E-state index contributed by atoms with van der Waals surface area (Å²) >= 11 is 0. The maximum absolute atomic E-state index is 12.7. The molecule has 6 nitrogen and oxygen atoms in total. The second kappa shape index (κ2) is 42.0. The third kappa shape index (κ3) is 43.4. The minimum absolute atomic E-state index is 0.0645. The smallest absolute Gasteiger partial charge is 0.306 e. The number of rotatable bonds is 43. The van der Waals surface area contributed by atoms with Crippen LogP contribution in [0.15, 0.2) is 0 Å². The molecule has 0 aliphatic heterocycles. The zero-order valence-electron chi connectivity index (χ0n) is 37.6. The van der Waals surface area contributed by atoms with Crippen molar-refractivity contribution in [2.24, 2.45) is 11.8 Å². The summed E-state index contributed by atoms with van der Waals surface area (Å²) in [5, 5.41) is 0. The summed E-state index contributed by atoms with van der Waals surface area (Å²) < 4.78 is 16.7. The van der Waals surface area contributed by atoms with Crippen molar-refractivity contribution in [1.82, 2.24) is 0 Å². The Kier molecular flexibility index (Phi) is 40.8. The lowest BCUT2D eigenvalue weighted by atomic mass is 10.0. The van der Waals surface area contributed by atoms with Gasteiger partial charge in [0.2, 0.25) is 0 Å². The molecule has 0 spiro atoms. The Morgan fingerprint density at radius 3 is 0.891 bits per heavy atom. The summed E-state index contributed by atoms with van der Waals surface area (Å²) in [7, 11) is 0. The van der Waals surface area contributed by atoms with Gasteiger partial charge in [-0.1, -0.05) is 227 Å². The van der Waals surface area contributed by atoms with E-state index in [1.165, 1.54) is 154 Å². The predicted molar refractivity (Wildman–Crippen MR) is 233 cm³/mol. The minimum atomic E-state index is -0.761. The van der Waals surface area contributed by atoms with Gasteiger partial charge in [0.25, 0.3) is 0 Å². The van der Waals surface area contributed by atoms with Gasteiger partial charge in [0.05, 0.1) is 0 Å². The highest BCUT2D eigenvalue weighted by molar-refractivity contribution is 5.71. The molecular weight excluding hydrogens is 685 g/mol. The highest BCUT2D eigenvalue weighted by atomic mass is 16.6. The zero-order chi connectivity index (χ0) is 40.5. The Morgan fingerprint density at radius 1 is 0.345 bits per heavy atom. The lowest BCUT2D eigenvalue weighted by Gasteiger charge is -2.18. The lowest BCUT2D eigenvalue weighted by molar-refractivity contribution is -0.167. The first kappa shape index (κ1) is 53.4. The van der Waals surface area contributed by atoms with Crippen molar-refractivity contribution in [3.05, 3.63) is 0 Å². The molecule has 0 aromatic carbocycles. The van der Waals surface area contributed by atoms with Crippen molar-refractivity contribution in [2.45, 2.75) is 272 Å². The number of hydrogen-bond acceptors (Lipinski definition) is 6. The zero-order valence-corrected chi connectivity index (χ0v) is 37.6. The van der Waals surface area contributed by atoms with E-state index in [-0.39, 0.29) is 31.1 Å². The molecule has 0 bridgehead atoms. The number of carbonyl (C=O) groups excluding carboxylic acids is 3. The van der Waals surface area contributed by atoms with E-state index >= 15 is 0 Å². The number of esters is 3. The van der Waals surface area contributed by atoms with E-state index in [0.29, 0.717) is 19.3 Å². The van der Waals surface area contributed by atoms with Gasteiger partial charge in [0, 0.05) is 19.3 Å². The van der Waals surface area contributed by atoms with Crippen LogP contribution in [-0.4, -0.2) is 37.2 Å². The Bertz CT molecular complexity index is 839. The summed E-state index contributed by atoms with van der Waals surface area (Å²) in [6, 6.07) is 0. The monoisotopic (exact) mass is 779 g/mol. The molecule has 326 valence electrons. The largest absolute Gasteiger partial charge is 0.462 e. The molecule has 0 aromatic heterocycles. The molecule has 55 heavy (non-hydrogen) atoms. The second-order valence-corrected chi connectivity index (χ2v) is 17.7. The van der Waals surface area contributed by atoms with E-state index in [1.54, 1.807) is 0 Å². The first-order valence-corrected chi connectivity index (χ1v) is 24.2. The van der Waals surface area contributed by atoms with Gasteiger partial charge in [-0.2, -0.15) is 0 Å². The Balaban J connectivity index is 4.32. The average molecular weight is 779 g/mol. The standard InChI is InChI=1S/C49H94O6/c1-6-7-8-9-10-11-14-18-24-29-34-39-47(50)53-42-46(43-54-48(51)40-35-30-25-21-20-23-28-33-38-45(4)5)55-49(52)41-36-31-26-19-16-13-12-15-17-22-27-32-37-44(2)3/h44-46H,6-43H2,1-5H3/t46-/m0/s1. The van der Waals surface area contributed by atoms with Crippen molar-refractivity contribution >= 4 is 17.9 Å². The number of hydrogen-bond donors (Lipinski definition) is 0. The molecule has 0 aliphatic carbocycles. The van der Waals surface area contributed by atoms with Crippen LogP contribution in [0.4, 0.5) is 0 Å². The molecule has 0 saturated carbocycles. The van der Waals surface area contributed by atoms with Gasteiger partial charge in [-0.25, -0.2) is 0 Å². The summed E-state index contributed by atoms with van der Waals surface area (Å²) in [5.41, 5.74) is 0. The van der Waals surface area contributed by atoms with Crippen molar-refractivity contribution in [1.29, 1.82) is 0 Å². The molecule has 0 amide bonds. The predicted octanol–water partition coefficient (Wildman–Crippen LogP) is 15.4. The van der Waals surface area contributed by atoms with Crippen molar-refractivity contribution in [3.63, 3.8) is 0 Å². The number of carbonyl (C=O) groups is 3. The van der Waals surface area contributed by atoms with Crippen molar-refractivity contribution < 1.29 is 28.6 Å². The summed E-state index contributed by atoms with van der Waals surface area (Å²) in [6.07, 6.45) is 40.9. The van der Waals surface area contributed by atoms with E-state index in [0.717, 1.165) is 69.6 Å². The molecule has 0 aromatic rings. The van der Waals surface area contributed by atoms with E-state index in [9.17, 15) is 14.4 Å². The summed E-state index contributed by atoms with van der Waals surface area (Å²) in [5.74, 6) is 0.774. The molecule has 0 fully saturated rings. The maximum Gasteiger partial charge on any atom is 0.306 e. The highest BCUT2D eigenvalue weighted by Gasteiger charge is 2.19. The quantitative estimate of drug-likeness (QED) is 0.0348. The maximum atomic E-state index is 12.7. The van der Waals surface area contributed by atoms with Gasteiger partial charge in [-0.05, 0) is 31.1 Å². The topological polar surface area (TPSA) is 78.9 Å². The van der Waals surface area contributed by atoms with Gasteiger partial charge in [-0.3, -0.25) is 14.4 Å².